The zero-order valence-corrected chi connectivity index (χ0v) is 24.1. The van der Waals surface area contributed by atoms with Crippen molar-refractivity contribution in [1.82, 2.24) is 10.2 Å². The third-order valence-corrected chi connectivity index (χ3v) is 7.48. The largest absolute Gasteiger partial charge is 0.442 e. The molecule has 0 bridgehead atoms. The number of ether oxygens (including phenoxy) is 4. The van der Waals surface area contributed by atoms with Crippen molar-refractivity contribution in [3.8, 4) is 0 Å². The molecule has 0 radical (unpaired) electrons. The molecule has 3 fully saturated rings. The minimum absolute atomic E-state index is 0.0427. The molecule has 0 saturated carbocycles. The molecule has 0 aromatic carbocycles. The highest BCUT2D eigenvalue weighted by molar-refractivity contribution is 5.87. The highest BCUT2D eigenvalue weighted by Crippen LogP contribution is 2.46. The monoisotopic (exact) mass is 534 g/mol. The number of carbonyl (C=O) groups excluding carboxylic acids is 2. The van der Waals surface area contributed by atoms with E-state index in [1.807, 2.05) is 39.8 Å². The van der Waals surface area contributed by atoms with Crippen LogP contribution in [0.25, 0.3) is 0 Å². The summed E-state index contributed by atoms with van der Waals surface area (Å²) >= 11 is 0. The first kappa shape index (κ1) is 30.3. The van der Waals surface area contributed by atoms with Gasteiger partial charge in [0.15, 0.2) is 0 Å². The molecular weight excluding hydrogens is 488 g/mol. The number of aliphatic hydroxyl groups excluding tert-OH is 1. The van der Waals surface area contributed by atoms with Crippen LogP contribution < -0.4 is 5.32 Å². The Morgan fingerprint density at radius 1 is 1.24 bits per heavy atom. The molecule has 214 valence electrons. The molecule has 3 aliphatic heterocycles. The van der Waals surface area contributed by atoms with Crippen LogP contribution in [0.3, 0.4) is 0 Å². The topological polar surface area (TPSA) is 110 Å². The third-order valence-electron chi connectivity index (χ3n) is 7.48. The molecule has 3 heterocycles. The predicted octanol–water partition coefficient (Wildman–Crippen LogP) is 3.52. The molecule has 1 spiro atoms. The molecule has 0 aliphatic carbocycles. The molecule has 2 amide bonds. The summed E-state index contributed by atoms with van der Waals surface area (Å²) < 4.78 is 23.2. The molecule has 9 nitrogen and oxygen atoms in total. The Hall–Kier alpha value is -2.20. The summed E-state index contributed by atoms with van der Waals surface area (Å²) in [4.78, 5) is 25.4. The molecular formula is C29H46N2O7. The molecule has 2 N–H and O–H groups in total. The fourth-order valence-corrected chi connectivity index (χ4v) is 5.20. The van der Waals surface area contributed by atoms with Crippen molar-refractivity contribution in [3.05, 3.63) is 36.0 Å². The fraction of sp³-hybridized carbons (Fsp3) is 0.724. The molecule has 8 atom stereocenters. The molecule has 0 unspecified atom stereocenters. The maximum Gasteiger partial charge on any atom is 0.409 e. The van der Waals surface area contributed by atoms with E-state index in [4.69, 9.17) is 18.9 Å². The average Bonchev–Trinajstić information content (AvgIpc) is 3.59. The van der Waals surface area contributed by atoms with Crippen molar-refractivity contribution in [2.24, 2.45) is 5.92 Å². The lowest BCUT2D eigenvalue weighted by molar-refractivity contribution is -0.171. The minimum atomic E-state index is -0.666. The van der Waals surface area contributed by atoms with Gasteiger partial charge in [-0.3, -0.25) is 4.79 Å². The van der Waals surface area contributed by atoms with E-state index in [2.05, 4.69) is 18.3 Å². The second kappa shape index (κ2) is 12.3. The van der Waals surface area contributed by atoms with Gasteiger partial charge in [0.05, 0.1) is 30.5 Å². The summed E-state index contributed by atoms with van der Waals surface area (Å²) in [5.41, 5.74) is 0.264. The van der Waals surface area contributed by atoms with Crippen molar-refractivity contribution in [2.75, 3.05) is 20.7 Å². The minimum Gasteiger partial charge on any atom is -0.442 e. The second-order valence-electron chi connectivity index (χ2n) is 11.9. The van der Waals surface area contributed by atoms with Crippen LogP contribution in [0, 0.1) is 5.92 Å². The number of carbonyl (C=O) groups is 2. The van der Waals surface area contributed by atoms with Gasteiger partial charge in [0, 0.05) is 26.6 Å². The van der Waals surface area contributed by atoms with Gasteiger partial charge in [0.2, 0.25) is 5.91 Å². The van der Waals surface area contributed by atoms with E-state index in [1.54, 1.807) is 27.1 Å². The number of hydrogen-bond acceptors (Lipinski definition) is 7. The Morgan fingerprint density at radius 3 is 2.55 bits per heavy atom. The zero-order valence-electron chi connectivity index (χ0n) is 24.1. The van der Waals surface area contributed by atoms with Crippen LogP contribution in [0.15, 0.2) is 36.0 Å². The lowest BCUT2D eigenvalue weighted by Gasteiger charge is -2.41. The lowest BCUT2D eigenvalue weighted by Crippen LogP contribution is -2.53. The number of nitrogens with zero attached hydrogens (tertiary/aromatic N) is 1. The summed E-state index contributed by atoms with van der Waals surface area (Å²) in [7, 11) is 3.21. The van der Waals surface area contributed by atoms with Gasteiger partial charge in [-0.15, -0.1) is 0 Å². The van der Waals surface area contributed by atoms with Gasteiger partial charge in [-0.2, -0.15) is 0 Å². The van der Waals surface area contributed by atoms with Gasteiger partial charge in [0.25, 0.3) is 0 Å². The summed E-state index contributed by atoms with van der Waals surface area (Å²) in [6.45, 7) is 12.5. The van der Waals surface area contributed by atoms with Crippen LogP contribution in [0.1, 0.15) is 60.8 Å². The molecule has 3 saturated heterocycles. The molecule has 3 aliphatic rings. The Balaban J connectivity index is 1.47. The summed E-state index contributed by atoms with van der Waals surface area (Å²) in [6, 6.07) is -0.103. The number of aliphatic hydroxyl groups is 1. The number of epoxide rings is 1. The van der Waals surface area contributed by atoms with E-state index < -0.39 is 30.0 Å². The maximum atomic E-state index is 12.4. The van der Waals surface area contributed by atoms with Crippen LogP contribution in [0.2, 0.25) is 0 Å². The Labute approximate surface area is 227 Å². The first-order chi connectivity index (χ1) is 17.7. The number of hydrogen-bond donors (Lipinski definition) is 2. The third kappa shape index (κ3) is 8.15. The Bertz CT molecular complexity index is 937. The van der Waals surface area contributed by atoms with Crippen LogP contribution in [-0.4, -0.2) is 90.5 Å². The van der Waals surface area contributed by atoms with Crippen molar-refractivity contribution in [3.63, 3.8) is 0 Å². The highest BCUT2D eigenvalue weighted by Gasteiger charge is 2.60. The van der Waals surface area contributed by atoms with Gasteiger partial charge in [-0.1, -0.05) is 30.7 Å². The van der Waals surface area contributed by atoms with Crippen LogP contribution in [-0.2, 0) is 23.7 Å². The maximum absolute atomic E-state index is 12.4. The van der Waals surface area contributed by atoms with Crippen molar-refractivity contribution < 1.29 is 33.6 Å². The van der Waals surface area contributed by atoms with E-state index in [9.17, 15) is 14.7 Å². The van der Waals surface area contributed by atoms with Gasteiger partial charge >= 0.3 is 6.09 Å². The van der Waals surface area contributed by atoms with Gasteiger partial charge in [0.1, 0.15) is 23.9 Å². The van der Waals surface area contributed by atoms with E-state index in [1.165, 1.54) is 11.0 Å². The molecule has 0 aromatic heterocycles. The number of nitrogens with one attached hydrogen (secondary N) is 1. The Kier molecular flexibility index (Phi) is 9.84. The van der Waals surface area contributed by atoms with Gasteiger partial charge in [-0.05, 0) is 59.5 Å². The van der Waals surface area contributed by atoms with Crippen LogP contribution in [0.4, 0.5) is 4.79 Å². The van der Waals surface area contributed by atoms with Crippen molar-refractivity contribution >= 4 is 12.0 Å². The van der Waals surface area contributed by atoms with E-state index in [0.717, 1.165) is 18.4 Å². The van der Waals surface area contributed by atoms with Gasteiger partial charge < -0.3 is 34.3 Å². The summed E-state index contributed by atoms with van der Waals surface area (Å²) in [5.74, 6) is 0.0167. The van der Waals surface area contributed by atoms with Gasteiger partial charge in [-0.25, -0.2) is 4.79 Å². The van der Waals surface area contributed by atoms with Crippen molar-refractivity contribution in [2.45, 2.75) is 109 Å². The lowest BCUT2D eigenvalue weighted by atomic mass is 9.83. The highest BCUT2D eigenvalue weighted by atomic mass is 16.6. The zero-order chi connectivity index (χ0) is 28.3. The first-order valence-electron chi connectivity index (χ1n) is 13.6. The van der Waals surface area contributed by atoms with E-state index in [-0.39, 0.29) is 35.7 Å². The SMILES string of the molecule is CC(/C=C/[C@H]1OC(C)(C)C[C@@]2(CO2)[C@@H]1O)=C\C[C@@H]1O[C@H](C)[C@H](NC(=O)/C=C\[C@H](C)OC(=O)N(C)C)C[C@@H]1C. The molecule has 3 rings (SSSR count). The van der Waals surface area contributed by atoms with Crippen LogP contribution >= 0.6 is 0 Å². The molecule has 9 heteroatoms. The summed E-state index contributed by atoms with van der Waals surface area (Å²) in [6.07, 6.45) is 9.15. The fourth-order valence-electron chi connectivity index (χ4n) is 5.20. The number of allylic oxidation sites excluding steroid dienone is 2. The number of amides is 2. The standard InChI is InChI=1S/C29H46N2O7/c1-18(10-13-24-26(33)29(17-35-29)16-28(5,6)38-24)9-12-23-19(2)15-22(21(4)37-23)30-25(32)14-11-20(3)36-27(34)31(7)8/h9-11,13-14,19-24,26,33H,12,15-17H2,1-8H3,(H,30,32)/b13-10+,14-11-,18-9+/t19-,20-,21+,22+,23-,24+,26+,29+/m0/s1. The molecule has 38 heavy (non-hydrogen) atoms. The predicted molar refractivity (Wildman–Crippen MR) is 145 cm³/mol. The second-order valence-corrected chi connectivity index (χ2v) is 11.9. The number of rotatable bonds is 8. The quantitative estimate of drug-likeness (QED) is 0.279. The normalized spacial score (nSPS) is 35.9. The molecule has 0 aromatic rings. The van der Waals surface area contributed by atoms with E-state index in [0.29, 0.717) is 13.0 Å². The van der Waals surface area contributed by atoms with Crippen molar-refractivity contribution in [1.29, 1.82) is 0 Å². The Morgan fingerprint density at radius 2 is 1.92 bits per heavy atom. The summed E-state index contributed by atoms with van der Waals surface area (Å²) in [5, 5.41) is 13.7. The smallest absolute Gasteiger partial charge is 0.409 e. The van der Waals surface area contributed by atoms with Crippen LogP contribution in [0.5, 0.6) is 0 Å². The first-order valence-corrected chi connectivity index (χ1v) is 13.6. The van der Waals surface area contributed by atoms with E-state index >= 15 is 0 Å². The average molecular weight is 535 g/mol.